The third kappa shape index (κ3) is 3.85. The fraction of sp³-hybridized carbons (Fsp3) is 0.714. The fourth-order valence-corrected chi connectivity index (χ4v) is 3.04. The lowest BCUT2D eigenvalue weighted by atomic mass is 9.90. The highest BCUT2D eigenvalue weighted by molar-refractivity contribution is 7.18. The van der Waals surface area contributed by atoms with Crippen LogP contribution in [0.4, 0.5) is 10.9 Å². The molecule has 114 valence electrons. The number of carbonyl (C=O) groups is 1. The van der Waals surface area contributed by atoms with E-state index in [0.29, 0.717) is 15.8 Å². The topological polar surface area (TPSA) is 80.0 Å². The number of hydrogen-bond acceptors (Lipinski definition) is 5. The van der Waals surface area contributed by atoms with Crippen molar-refractivity contribution in [1.82, 2.24) is 10.3 Å². The molecule has 0 aliphatic rings. The van der Waals surface area contributed by atoms with Crippen LogP contribution in [0.5, 0.6) is 0 Å². The second-order valence-electron chi connectivity index (χ2n) is 5.33. The van der Waals surface area contributed by atoms with Crippen molar-refractivity contribution in [2.45, 2.75) is 65.5 Å². The van der Waals surface area contributed by atoms with Crippen LogP contribution in [0.3, 0.4) is 0 Å². The van der Waals surface area contributed by atoms with E-state index < -0.39 is 0 Å². The fourth-order valence-electron chi connectivity index (χ4n) is 2.12. The van der Waals surface area contributed by atoms with Gasteiger partial charge in [-0.25, -0.2) is 4.98 Å². The Morgan fingerprint density at radius 2 is 1.85 bits per heavy atom. The SMILES string of the molecule is CCC(CC)(CC)NC(=O)c1sc(NC(C)C)nc1N. The summed E-state index contributed by atoms with van der Waals surface area (Å²) in [5, 5.41) is 6.99. The first-order valence-corrected chi connectivity index (χ1v) is 8.04. The average Bonchev–Trinajstić information content (AvgIpc) is 2.76. The molecule has 0 atom stereocenters. The van der Waals surface area contributed by atoms with Crippen LogP contribution in [-0.2, 0) is 0 Å². The summed E-state index contributed by atoms with van der Waals surface area (Å²) >= 11 is 1.31. The molecule has 20 heavy (non-hydrogen) atoms. The van der Waals surface area contributed by atoms with E-state index in [4.69, 9.17) is 5.73 Å². The zero-order valence-electron chi connectivity index (χ0n) is 13.0. The van der Waals surface area contributed by atoms with Crippen molar-refractivity contribution in [2.24, 2.45) is 0 Å². The van der Waals surface area contributed by atoms with Crippen LogP contribution in [-0.4, -0.2) is 22.5 Å². The maximum absolute atomic E-state index is 12.4. The molecule has 0 saturated heterocycles. The Hall–Kier alpha value is -1.30. The minimum absolute atomic E-state index is 0.123. The lowest BCUT2D eigenvalue weighted by molar-refractivity contribution is 0.0893. The van der Waals surface area contributed by atoms with E-state index in [1.54, 1.807) is 0 Å². The van der Waals surface area contributed by atoms with Crippen molar-refractivity contribution in [1.29, 1.82) is 0 Å². The third-order valence-corrected chi connectivity index (χ3v) is 4.68. The summed E-state index contributed by atoms with van der Waals surface area (Å²) in [6, 6.07) is 0.262. The molecule has 0 radical (unpaired) electrons. The Labute approximate surface area is 125 Å². The van der Waals surface area contributed by atoms with E-state index in [-0.39, 0.29) is 17.5 Å². The van der Waals surface area contributed by atoms with Gasteiger partial charge in [0.2, 0.25) is 0 Å². The molecular formula is C14H26N4OS. The second kappa shape index (κ2) is 6.92. The van der Waals surface area contributed by atoms with Crippen LogP contribution in [0, 0.1) is 0 Å². The minimum atomic E-state index is -0.154. The number of carbonyl (C=O) groups excluding carboxylic acids is 1. The summed E-state index contributed by atoms with van der Waals surface area (Å²) in [7, 11) is 0. The molecule has 0 saturated carbocycles. The number of nitrogens with zero attached hydrogens (tertiary/aromatic N) is 1. The predicted molar refractivity (Wildman–Crippen MR) is 86.4 cm³/mol. The molecule has 0 fully saturated rings. The van der Waals surface area contributed by atoms with Crippen molar-refractivity contribution in [3.05, 3.63) is 4.88 Å². The molecule has 1 amide bonds. The summed E-state index contributed by atoms with van der Waals surface area (Å²) in [6.07, 6.45) is 2.71. The number of aromatic nitrogens is 1. The Morgan fingerprint density at radius 3 is 2.30 bits per heavy atom. The molecule has 0 aliphatic heterocycles. The predicted octanol–water partition coefficient (Wildman–Crippen LogP) is 3.24. The van der Waals surface area contributed by atoms with Gasteiger partial charge in [0, 0.05) is 11.6 Å². The Bertz CT molecular complexity index is 444. The third-order valence-electron chi connectivity index (χ3n) is 3.68. The van der Waals surface area contributed by atoms with Gasteiger partial charge < -0.3 is 16.4 Å². The van der Waals surface area contributed by atoms with E-state index in [1.165, 1.54) is 11.3 Å². The van der Waals surface area contributed by atoms with Gasteiger partial charge in [0.1, 0.15) is 10.7 Å². The highest BCUT2D eigenvalue weighted by Gasteiger charge is 2.28. The van der Waals surface area contributed by atoms with Gasteiger partial charge in [-0.3, -0.25) is 4.79 Å². The molecule has 1 heterocycles. The number of hydrogen-bond donors (Lipinski definition) is 3. The van der Waals surface area contributed by atoms with E-state index >= 15 is 0 Å². The quantitative estimate of drug-likeness (QED) is 0.722. The minimum Gasteiger partial charge on any atom is -0.382 e. The highest BCUT2D eigenvalue weighted by Crippen LogP contribution is 2.27. The summed E-state index contributed by atoms with van der Waals surface area (Å²) in [6.45, 7) is 10.3. The van der Waals surface area contributed by atoms with Crippen molar-refractivity contribution >= 4 is 28.2 Å². The number of rotatable bonds is 7. The Morgan fingerprint density at radius 1 is 1.30 bits per heavy atom. The lowest BCUT2D eigenvalue weighted by Gasteiger charge is -2.31. The first-order chi connectivity index (χ1) is 9.37. The van der Waals surface area contributed by atoms with Gasteiger partial charge in [0.25, 0.3) is 5.91 Å². The van der Waals surface area contributed by atoms with Crippen LogP contribution in [0.1, 0.15) is 63.6 Å². The molecular weight excluding hydrogens is 272 g/mol. The smallest absolute Gasteiger partial charge is 0.265 e. The van der Waals surface area contributed by atoms with Crippen molar-refractivity contribution < 1.29 is 4.79 Å². The van der Waals surface area contributed by atoms with Crippen molar-refractivity contribution in [3.8, 4) is 0 Å². The van der Waals surface area contributed by atoms with Crippen LogP contribution in [0.15, 0.2) is 0 Å². The summed E-state index contributed by atoms with van der Waals surface area (Å²) in [4.78, 5) is 17.1. The number of nitrogens with one attached hydrogen (secondary N) is 2. The number of thiazole rings is 1. The maximum Gasteiger partial charge on any atom is 0.265 e. The second-order valence-corrected chi connectivity index (χ2v) is 6.33. The summed E-state index contributed by atoms with van der Waals surface area (Å²) < 4.78 is 0. The van der Waals surface area contributed by atoms with E-state index in [9.17, 15) is 4.79 Å². The molecule has 0 aliphatic carbocycles. The van der Waals surface area contributed by atoms with Gasteiger partial charge in [-0.2, -0.15) is 0 Å². The van der Waals surface area contributed by atoms with Crippen LogP contribution >= 0.6 is 11.3 Å². The van der Waals surface area contributed by atoms with Gasteiger partial charge in [-0.15, -0.1) is 0 Å². The molecule has 4 N–H and O–H groups in total. The van der Waals surface area contributed by atoms with Gasteiger partial charge >= 0.3 is 0 Å². The average molecular weight is 298 g/mol. The first kappa shape index (κ1) is 16.8. The summed E-state index contributed by atoms with van der Waals surface area (Å²) in [5.74, 6) is 0.176. The zero-order chi connectivity index (χ0) is 15.3. The number of nitrogen functional groups attached to an aromatic ring is 1. The van der Waals surface area contributed by atoms with Crippen LogP contribution in [0.25, 0.3) is 0 Å². The van der Waals surface area contributed by atoms with E-state index in [2.05, 4.69) is 36.4 Å². The van der Waals surface area contributed by atoms with Gasteiger partial charge in [-0.05, 0) is 33.1 Å². The number of anilines is 2. The van der Waals surface area contributed by atoms with E-state index in [0.717, 1.165) is 19.3 Å². The van der Waals surface area contributed by atoms with Gasteiger partial charge in [0.15, 0.2) is 5.13 Å². The molecule has 0 aromatic carbocycles. The van der Waals surface area contributed by atoms with E-state index in [1.807, 2.05) is 13.8 Å². The zero-order valence-corrected chi connectivity index (χ0v) is 13.9. The Balaban J connectivity index is 2.89. The standard InChI is InChI=1S/C14H26N4OS/c1-6-14(7-2,8-3)18-12(19)10-11(15)17-13(20-10)16-9(4)5/h9H,6-8,15H2,1-5H3,(H,16,17)(H,18,19). The van der Waals surface area contributed by atoms with Crippen molar-refractivity contribution in [2.75, 3.05) is 11.1 Å². The monoisotopic (exact) mass is 298 g/mol. The molecule has 1 aromatic heterocycles. The van der Waals surface area contributed by atoms with Gasteiger partial charge in [0.05, 0.1) is 0 Å². The normalized spacial score (nSPS) is 11.7. The maximum atomic E-state index is 12.4. The van der Waals surface area contributed by atoms with Crippen molar-refractivity contribution in [3.63, 3.8) is 0 Å². The van der Waals surface area contributed by atoms with Crippen LogP contribution in [0.2, 0.25) is 0 Å². The molecule has 1 rings (SSSR count). The molecule has 1 aromatic rings. The molecule has 0 unspecified atom stereocenters. The largest absolute Gasteiger partial charge is 0.382 e. The number of nitrogens with two attached hydrogens (primary N) is 1. The highest BCUT2D eigenvalue weighted by atomic mass is 32.1. The van der Waals surface area contributed by atoms with Crippen LogP contribution < -0.4 is 16.4 Å². The Kier molecular flexibility index (Phi) is 5.80. The molecule has 0 bridgehead atoms. The molecule has 0 spiro atoms. The molecule has 5 nitrogen and oxygen atoms in total. The van der Waals surface area contributed by atoms with Gasteiger partial charge in [-0.1, -0.05) is 32.1 Å². The molecule has 6 heteroatoms. The summed E-state index contributed by atoms with van der Waals surface area (Å²) in [5.41, 5.74) is 5.71. The number of amides is 1. The first-order valence-electron chi connectivity index (χ1n) is 7.22. The lowest BCUT2D eigenvalue weighted by Crippen LogP contribution is -2.47.